The maximum absolute atomic E-state index is 11.8. The van der Waals surface area contributed by atoms with Gasteiger partial charge >= 0.3 is 5.97 Å². The summed E-state index contributed by atoms with van der Waals surface area (Å²) in [5.41, 5.74) is 0.667. The lowest BCUT2D eigenvalue weighted by atomic mass is 10.1. The number of carbonyl (C=O) groups excluding carboxylic acids is 2. The third-order valence-electron chi connectivity index (χ3n) is 3.02. The van der Waals surface area contributed by atoms with Crippen LogP contribution in [0.2, 0.25) is 0 Å². The molecule has 8 heteroatoms. The smallest absolute Gasteiger partial charge is 0.303 e. The normalized spacial score (nSPS) is 19.1. The minimum Gasteiger partial charge on any atom is -0.481 e. The Morgan fingerprint density at radius 1 is 1.60 bits per heavy atom. The second-order valence-corrected chi connectivity index (χ2v) is 5.32. The Labute approximate surface area is 119 Å². The summed E-state index contributed by atoms with van der Waals surface area (Å²) >= 11 is 1.32. The van der Waals surface area contributed by atoms with E-state index in [1.54, 1.807) is 10.3 Å². The number of piperazine rings is 1. The van der Waals surface area contributed by atoms with Gasteiger partial charge in [0.25, 0.3) is 0 Å². The number of carboxylic acids is 1. The van der Waals surface area contributed by atoms with Crippen LogP contribution in [0.15, 0.2) is 5.38 Å². The fourth-order valence-corrected chi connectivity index (χ4v) is 2.96. The van der Waals surface area contributed by atoms with E-state index in [9.17, 15) is 14.4 Å². The third kappa shape index (κ3) is 3.13. The van der Waals surface area contributed by atoms with E-state index in [0.717, 1.165) is 0 Å². The number of aromatic nitrogens is 1. The number of aryl methyl sites for hydroxylation is 1. The molecule has 1 aromatic heterocycles. The van der Waals surface area contributed by atoms with Crippen LogP contribution >= 0.6 is 11.3 Å². The zero-order valence-electron chi connectivity index (χ0n) is 11.0. The number of nitrogens with one attached hydrogen (secondary N) is 1. The molecule has 1 aliphatic rings. The maximum Gasteiger partial charge on any atom is 0.303 e. The number of hydrogen-bond donors (Lipinski definition) is 2. The maximum atomic E-state index is 11.8. The molecule has 0 radical (unpaired) electrons. The standard InChI is InChI=1S/C12H15N3O4S/c1-2-8-11(19)14-9(16)5-15(8)12-13-7(6-20-12)3-4-10(17)18/h6,8H,2-5H2,1H3,(H,17,18)(H,14,16,19). The molecular formula is C12H15N3O4S. The van der Waals surface area contributed by atoms with Gasteiger partial charge in [-0.2, -0.15) is 0 Å². The van der Waals surface area contributed by atoms with E-state index in [1.165, 1.54) is 11.3 Å². The van der Waals surface area contributed by atoms with Crippen molar-refractivity contribution in [3.63, 3.8) is 0 Å². The van der Waals surface area contributed by atoms with Crippen LogP contribution in [-0.4, -0.2) is 40.5 Å². The average Bonchev–Trinajstić information content (AvgIpc) is 2.84. The van der Waals surface area contributed by atoms with Crippen LogP contribution < -0.4 is 10.2 Å². The van der Waals surface area contributed by atoms with E-state index in [0.29, 0.717) is 23.7 Å². The van der Waals surface area contributed by atoms with Gasteiger partial charge in [0.05, 0.1) is 12.1 Å². The van der Waals surface area contributed by atoms with E-state index in [2.05, 4.69) is 10.3 Å². The van der Waals surface area contributed by atoms with Gasteiger partial charge in [-0.05, 0) is 6.42 Å². The van der Waals surface area contributed by atoms with Gasteiger partial charge in [0.1, 0.15) is 12.6 Å². The quantitative estimate of drug-likeness (QED) is 0.763. The molecule has 1 atom stereocenters. The molecule has 7 nitrogen and oxygen atoms in total. The first kappa shape index (κ1) is 14.4. The van der Waals surface area contributed by atoms with Crippen LogP contribution in [-0.2, 0) is 20.8 Å². The molecule has 0 aliphatic carbocycles. The average molecular weight is 297 g/mol. The molecule has 2 rings (SSSR count). The fraction of sp³-hybridized carbons (Fsp3) is 0.500. The van der Waals surface area contributed by atoms with Crippen molar-refractivity contribution in [2.45, 2.75) is 32.2 Å². The van der Waals surface area contributed by atoms with Gasteiger partial charge in [-0.15, -0.1) is 11.3 Å². The molecule has 1 unspecified atom stereocenters. The number of nitrogens with zero attached hydrogens (tertiary/aromatic N) is 2. The zero-order valence-corrected chi connectivity index (χ0v) is 11.8. The summed E-state index contributed by atoms with van der Waals surface area (Å²) in [6.07, 6.45) is 0.930. The Morgan fingerprint density at radius 3 is 3.00 bits per heavy atom. The predicted octanol–water partition coefficient (Wildman–Crippen LogP) is 0.402. The summed E-state index contributed by atoms with van der Waals surface area (Å²) in [4.78, 5) is 39.8. The fourth-order valence-electron chi connectivity index (χ4n) is 2.05. The highest BCUT2D eigenvalue weighted by molar-refractivity contribution is 7.13. The highest BCUT2D eigenvalue weighted by atomic mass is 32.1. The highest BCUT2D eigenvalue weighted by Gasteiger charge is 2.33. The van der Waals surface area contributed by atoms with Crippen LogP contribution in [0.25, 0.3) is 0 Å². The van der Waals surface area contributed by atoms with Gasteiger partial charge in [-0.1, -0.05) is 6.92 Å². The molecule has 108 valence electrons. The van der Waals surface area contributed by atoms with E-state index < -0.39 is 12.0 Å². The minimum absolute atomic E-state index is 0.0137. The molecule has 20 heavy (non-hydrogen) atoms. The SMILES string of the molecule is CCC1C(=O)NC(=O)CN1c1nc(CCC(=O)O)cs1. The molecule has 0 aromatic carbocycles. The number of imide groups is 1. The number of carboxylic acid groups (broad SMARTS) is 1. The number of rotatable bonds is 5. The summed E-state index contributed by atoms with van der Waals surface area (Å²) in [6.45, 7) is 1.96. The molecule has 1 saturated heterocycles. The minimum atomic E-state index is -0.876. The molecule has 0 bridgehead atoms. The van der Waals surface area contributed by atoms with Crippen molar-refractivity contribution in [1.82, 2.24) is 10.3 Å². The summed E-state index contributed by atoms with van der Waals surface area (Å²) in [6, 6.07) is -0.411. The van der Waals surface area contributed by atoms with E-state index in [-0.39, 0.29) is 24.8 Å². The first-order valence-corrected chi connectivity index (χ1v) is 7.15. The molecule has 0 saturated carbocycles. The predicted molar refractivity (Wildman–Crippen MR) is 72.6 cm³/mol. The van der Waals surface area contributed by atoms with Crippen molar-refractivity contribution < 1.29 is 19.5 Å². The molecule has 2 heterocycles. The van der Waals surface area contributed by atoms with Crippen LogP contribution in [0.5, 0.6) is 0 Å². The van der Waals surface area contributed by atoms with Crippen LogP contribution in [0.3, 0.4) is 0 Å². The topological polar surface area (TPSA) is 99.6 Å². The monoisotopic (exact) mass is 297 g/mol. The first-order valence-electron chi connectivity index (χ1n) is 6.27. The van der Waals surface area contributed by atoms with Crippen molar-refractivity contribution in [1.29, 1.82) is 0 Å². The van der Waals surface area contributed by atoms with Gasteiger partial charge < -0.3 is 10.0 Å². The Balaban J connectivity index is 2.14. The first-order chi connectivity index (χ1) is 9.51. The lowest BCUT2D eigenvalue weighted by Gasteiger charge is -2.32. The summed E-state index contributed by atoms with van der Waals surface area (Å²) in [5.74, 6) is -1.54. The number of hydrogen-bond acceptors (Lipinski definition) is 6. The van der Waals surface area contributed by atoms with Crippen molar-refractivity contribution >= 4 is 34.3 Å². The highest BCUT2D eigenvalue weighted by Crippen LogP contribution is 2.25. The molecule has 1 fully saturated rings. The summed E-state index contributed by atoms with van der Waals surface area (Å²) in [7, 11) is 0. The largest absolute Gasteiger partial charge is 0.481 e. The number of thiazole rings is 1. The van der Waals surface area contributed by atoms with E-state index in [4.69, 9.17) is 5.11 Å². The van der Waals surface area contributed by atoms with Gasteiger partial charge in [0.15, 0.2) is 5.13 Å². The van der Waals surface area contributed by atoms with Gasteiger partial charge in [-0.3, -0.25) is 19.7 Å². The second-order valence-electron chi connectivity index (χ2n) is 4.48. The van der Waals surface area contributed by atoms with Crippen molar-refractivity contribution in [2.24, 2.45) is 0 Å². The van der Waals surface area contributed by atoms with Gasteiger partial charge in [0, 0.05) is 11.8 Å². The van der Waals surface area contributed by atoms with Crippen molar-refractivity contribution in [2.75, 3.05) is 11.4 Å². The molecule has 2 amide bonds. The number of anilines is 1. The van der Waals surface area contributed by atoms with Crippen LogP contribution in [0.1, 0.15) is 25.5 Å². The van der Waals surface area contributed by atoms with E-state index in [1.807, 2.05) is 6.92 Å². The molecular weight excluding hydrogens is 282 g/mol. The van der Waals surface area contributed by atoms with Crippen molar-refractivity contribution in [3.8, 4) is 0 Å². The second kappa shape index (κ2) is 6.00. The van der Waals surface area contributed by atoms with E-state index >= 15 is 0 Å². The van der Waals surface area contributed by atoms with Gasteiger partial charge in [0.2, 0.25) is 11.8 Å². The number of amides is 2. The summed E-state index contributed by atoms with van der Waals surface area (Å²) in [5, 5.41) is 13.3. The Morgan fingerprint density at radius 2 is 2.35 bits per heavy atom. The Hall–Kier alpha value is -1.96. The lowest BCUT2D eigenvalue weighted by Crippen LogP contribution is -2.58. The molecule has 2 N–H and O–H groups in total. The summed E-state index contributed by atoms with van der Waals surface area (Å²) < 4.78 is 0. The Bertz CT molecular complexity index is 543. The van der Waals surface area contributed by atoms with Crippen molar-refractivity contribution in [3.05, 3.63) is 11.1 Å². The Kier molecular flexibility index (Phi) is 4.33. The van der Waals surface area contributed by atoms with Crippen LogP contribution in [0, 0.1) is 0 Å². The lowest BCUT2D eigenvalue weighted by molar-refractivity contribution is -0.137. The number of aliphatic carboxylic acids is 1. The number of carbonyl (C=O) groups is 3. The molecule has 1 aromatic rings. The third-order valence-corrected chi connectivity index (χ3v) is 3.95. The molecule has 0 spiro atoms. The van der Waals surface area contributed by atoms with Crippen LogP contribution in [0.4, 0.5) is 5.13 Å². The zero-order chi connectivity index (χ0) is 14.7. The van der Waals surface area contributed by atoms with Gasteiger partial charge in [-0.25, -0.2) is 4.98 Å². The molecule has 1 aliphatic heterocycles.